The quantitative estimate of drug-likeness (QED) is 0.662. The zero-order chi connectivity index (χ0) is 8.10. The van der Waals surface area contributed by atoms with Gasteiger partial charge in [-0.3, -0.25) is 0 Å². The first kappa shape index (κ1) is 8.98. The summed E-state index contributed by atoms with van der Waals surface area (Å²) in [6, 6.07) is 0.607. The highest BCUT2D eigenvalue weighted by Gasteiger charge is 2.22. The monoisotopic (exact) mass is 159 g/mol. The Balaban J connectivity index is 2.09. The second kappa shape index (κ2) is 4.70. The minimum Gasteiger partial charge on any atom is -0.311 e. The Bertz CT molecular complexity index is 106. The molecule has 1 fully saturated rings. The Morgan fingerprint density at radius 1 is 1.45 bits per heavy atom. The number of halogens is 1. The molecule has 1 N–H and O–H groups in total. The molecule has 0 aliphatic heterocycles. The highest BCUT2D eigenvalue weighted by atomic mass is 19.1. The topological polar surface area (TPSA) is 12.0 Å². The lowest BCUT2D eigenvalue weighted by atomic mass is 10.1. The van der Waals surface area contributed by atoms with E-state index in [9.17, 15) is 4.39 Å². The summed E-state index contributed by atoms with van der Waals surface area (Å²) in [7, 11) is 0. The molecule has 2 atom stereocenters. The molecule has 0 bridgehead atoms. The Morgan fingerprint density at radius 3 is 2.82 bits per heavy atom. The van der Waals surface area contributed by atoms with Crippen LogP contribution in [0, 0.1) is 5.92 Å². The van der Waals surface area contributed by atoms with Crippen LogP contribution in [0.5, 0.6) is 0 Å². The van der Waals surface area contributed by atoms with Gasteiger partial charge in [0.2, 0.25) is 0 Å². The second-order valence-corrected chi connectivity index (χ2v) is 3.43. The van der Waals surface area contributed by atoms with Crippen molar-refractivity contribution >= 4 is 0 Å². The fourth-order valence-corrected chi connectivity index (χ4v) is 1.89. The minimum atomic E-state index is -0.229. The third-order valence-corrected chi connectivity index (χ3v) is 2.65. The average Bonchev–Trinajstić information content (AvgIpc) is 2.48. The van der Waals surface area contributed by atoms with Crippen molar-refractivity contribution in [3.63, 3.8) is 0 Å². The van der Waals surface area contributed by atoms with Crippen LogP contribution in [0.4, 0.5) is 4.39 Å². The van der Waals surface area contributed by atoms with Crippen LogP contribution in [0.1, 0.15) is 32.6 Å². The number of nitrogens with one attached hydrogen (secondary N) is 1. The molecule has 1 rings (SSSR count). The molecule has 0 aromatic rings. The van der Waals surface area contributed by atoms with Crippen LogP contribution < -0.4 is 5.32 Å². The van der Waals surface area contributed by atoms with Gasteiger partial charge < -0.3 is 5.32 Å². The van der Waals surface area contributed by atoms with E-state index in [1.165, 1.54) is 25.7 Å². The van der Waals surface area contributed by atoms with Gasteiger partial charge in [-0.05, 0) is 25.2 Å². The van der Waals surface area contributed by atoms with Gasteiger partial charge in [0, 0.05) is 12.6 Å². The van der Waals surface area contributed by atoms with Crippen molar-refractivity contribution in [1.82, 2.24) is 5.32 Å². The normalized spacial score (nSPS) is 31.1. The van der Waals surface area contributed by atoms with Crippen molar-refractivity contribution in [3.8, 4) is 0 Å². The summed E-state index contributed by atoms with van der Waals surface area (Å²) in [5, 5.41) is 3.22. The largest absolute Gasteiger partial charge is 0.311 e. The zero-order valence-electron chi connectivity index (χ0n) is 7.28. The molecule has 2 heteroatoms. The lowest BCUT2D eigenvalue weighted by Crippen LogP contribution is -2.28. The summed E-state index contributed by atoms with van der Waals surface area (Å²) in [6.45, 7) is 2.55. The van der Waals surface area contributed by atoms with E-state index in [2.05, 4.69) is 12.2 Å². The Hall–Kier alpha value is -0.110. The second-order valence-electron chi connectivity index (χ2n) is 3.43. The molecule has 2 unspecified atom stereocenters. The minimum absolute atomic E-state index is 0.229. The van der Waals surface area contributed by atoms with Gasteiger partial charge in [0.1, 0.15) is 6.67 Å². The molecule has 0 spiro atoms. The van der Waals surface area contributed by atoms with E-state index in [-0.39, 0.29) is 6.67 Å². The maximum absolute atomic E-state index is 11.8. The van der Waals surface area contributed by atoms with Crippen LogP contribution in [0.2, 0.25) is 0 Å². The number of alkyl halides is 1. The molecule has 0 aromatic heterocycles. The van der Waals surface area contributed by atoms with Gasteiger partial charge in [0.25, 0.3) is 0 Å². The molecule has 1 saturated carbocycles. The first-order valence-corrected chi connectivity index (χ1v) is 4.66. The summed E-state index contributed by atoms with van der Waals surface area (Å²) >= 11 is 0. The van der Waals surface area contributed by atoms with E-state index in [1.54, 1.807) is 0 Å². The average molecular weight is 159 g/mol. The molecular weight excluding hydrogens is 141 g/mol. The first-order valence-electron chi connectivity index (χ1n) is 4.66. The molecule has 1 aliphatic rings. The van der Waals surface area contributed by atoms with E-state index in [1.807, 2.05) is 0 Å². The molecule has 0 aromatic carbocycles. The van der Waals surface area contributed by atoms with Crippen molar-refractivity contribution in [3.05, 3.63) is 0 Å². The predicted octanol–water partition coefficient (Wildman–Crippen LogP) is 2.12. The molecule has 66 valence electrons. The van der Waals surface area contributed by atoms with Gasteiger partial charge in [0.15, 0.2) is 0 Å². The van der Waals surface area contributed by atoms with E-state index in [0.29, 0.717) is 12.6 Å². The summed E-state index contributed by atoms with van der Waals surface area (Å²) in [4.78, 5) is 0. The number of hydrogen-bond acceptors (Lipinski definition) is 1. The van der Waals surface area contributed by atoms with Crippen LogP contribution in [0.15, 0.2) is 0 Å². The molecule has 0 radical (unpaired) electrons. The molecule has 1 aliphatic carbocycles. The van der Waals surface area contributed by atoms with Crippen molar-refractivity contribution in [2.24, 2.45) is 5.92 Å². The molecule has 0 amide bonds. The van der Waals surface area contributed by atoms with Crippen molar-refractivity contribution in [2.75, 3.05) is 13.2 Å². The molecular formula is C9H18FN. The van der Waals surface area contributed by atoms with E-state index in [4.69, 9.17) is 0 Å². The first-order chi connectivity index (χ1) is 5.36. The smallest absolute Gasteiger partial charge is 0.102 e. The van der Waals surface area contributed by atoms with E-state index in [0.717, 1.165) is 5.92 Å². The van der Waals surface area contributed by atoms with Crippen molar-refractivity contribution in [2.45, 2.75) is 38.6 Å². The van der Waals surface area contributed by atoms with Crippen LogP contribution in [0.25, 0.3) is 0 Å². The SMILES string of the molecule is CCC1CCC(NCCF)C1. The van der Waals surface area contributed by atoms with Crippen LogP contribution in [0.3, 0.4) is 0 Å². The van der Waals surface area contributed by atoms with Gasteiger partial charge in [-0.1, -0.05) is 13.3 Å². The standard InChI is InChI=1S/C9H18FN/c1-2-8-3-4-9(7-8)11-6-5-10/h8-9,11H,2-7H2,1H3. The maximum atomic E-state index is 11.8. The third kappa shape index (κ3) is 2.78. The number of hydrogen-bond donors (Lipinski definition) is 1. The molecule has 11 heavy (non-hydrogen) atoms. The summed E-state index contributed by atoms with van der Waals surface area (Å²) in [5.74, 6) is 0.895. The zero-order valence-corrected chi connectivity index (χ0v) is 7.28. The predicted molar refractivity (Wildman–Crippen MR) is 45.4 cm³/mol. The Labute approximate surface area is 68.4 Å². The molecule has 1 nitrogen and oxygen atoms in total. The lowest BCUT2D eigenvalue weighted by molar-refractivity contribution is 0.421. The highest BCUT2D eigenvalue weighted by Crippen LogP contribution is 2.27. The Morgan fingerprint density at radius 2 is 2.27 bits per heavy atom. The number of rotatable bonds is 4. The maximum Gasteiger partial charge on any atom is 0.102 e. The van der Waals surface area contributed by atoms with Crippen LogP contribution in [-0.4, -0.2) is 19.3 Å². The van der Waals surface area contributed by atoms with E-state index >= 15 is 0 Å². The molecule has 0 saturated heterocycles. The van der Waals surface area contributed by atoms with Crippen molar-refractivity contribution in [1.29, 1.82) is 0 Å². The Kier molecular flexibility index (Phi) is 3.84. The summed E-state index contributed by atoms with van der Waals surface area (Å²) in [5.41, 5.74) is 0. The fourth-order valence-electron chi connectivity index (χ4n) is 1.89. The van der Waals surface area contributed by atoms with Gasteiger partial charge in [-0.2, -0.15) is 0 Å². The third-order valence-electron chi connectivity index (χ3n) is 2.65. The highest BCUT2D eigenvalue weighted by molar-refractivity contribution is 4.79. The van der Waals surface area contributed by atoms with Gasteiger partial charge in [0.05, 0.1) is 0 Å². The lowest BCUT2D eigenvalue weighted by Gasteiger charge is -2.10. The van der Waals surface area contributed by atoms with Gasteiger partial charge in [-0.15, -0.1) is 0 Å². The summed E-state index contributed by atoms with van der Waals surface area (Å²) in [6.07, 6.45) is 5.13. The van der Waals surface area contributed by atoms with Crippen LogP contribution in [-0.2, 0) is 0 Å². The molecule has 0 heterocycles. The van der Waals surface area contributed by atoms with E-state index < -0.39 is 0 Å². The fraction of sp³-hybridized carbons (Fsp3) is 1.00. The van der Waals surface area contributed by atoms with Gasteiger partial charge in [-0.25, -0.2) is 4.39 Å². The van der Waals surface area contributed by atoms with Crippen molar-refractivity contribution < 1.29 is 4.39 Å². The van der Waals surface area contributed by atoms with Crippen LogP contribution >= 0.6 is 0 Å². The summed E-state index contributed by atoms with van der Waals surface area (Å²) < 4.78 is 11.8. The van der Waals surface area contributed by atoms with Gasteiger partial charge >= 0.3 is 0 Å².